The van der Waals surface area contributed by atoms with Gasteiger partial charge in [0.05, 0.1) is 12.8 Å². The molecule has 2 aromatic carbocycles. The number of rotatable bonds is 3. The van der Waals surface area contributed by atoms with Crippen molar-refractivity contribution in [1.29, 1.82) is 0 Å². The van der Waals surface area contributed by atoms with E-state index in [1.165, 1.54) is 6.07 Å². The predicted octanol–water partition coefficient (Wildman–Crippen LogP) is 1.73. The number of ether oxygens (including phenoxy) is 1. The lowest BCUT2D eigenvalue weighted by Crippen LogP contribution is -2.82. The van der Waals surface area contributed by atoms with Gasteiger partial charge in [0, 0.05) is 22.3 Å². The number of benzene rings is 2. The molecule has 8 heteroatoms. The van der Waals surface area contributed by atoms with Crippen LogP contribution in [-0.2, 0) is 0 Å². The van der Waals surface area contributed by atoms with Crippen LogP contribution in [0.25, 0.3) is 0 Å². The summed E-state index contributed by atoms with van der Waals surface area (Å²) in [5, 5.41) is 7.02. The monoisotopic (exact) mass is 396 g/mol. The third-order valence-electron chi connectivity index (χ3n) is 4.38. The fourth-order valence-corrected chi connectivity index (χ4v) is 3.29. The van der Waals surface area contributed by atoms with Crippen molar-refractivity contribution in [2.75, 3.05) is 17.7 Å². The molecule has 1 aliphatic rings. The summed E-state index contributed by atoms with van der Waals surface area (Å²) in [4.78, 5) is 20.5. The first-order valence-electron chi connectivity index (χ1n) is 8.71. The van der Waals surface area contributed by atoms with Crippen LogP contribution in [0.3, 0.4) is 0 Å². The van der Waals surface area contributed by atoms with Gasteiger partial charge >= 0.3 is 5.96 Å². The van der Waals surface area contributed by atoms with Crippen molar-refractivity contribution < 1.29 is 9.73 Å². The second kappa shape index (κ2) is 7.36. The van der Waals surface area contributed by atoms with E-state index < -0.39 is 6.17 Å². The van der Waals surface area contributed by atoms with Crippen molar-refractivity contribution >= 4 is 29.2 Å². The highest BCUT2D eigenvalue weighted by atomic mass is 35.5. The van der Waals surface area contributed by atoms with Crippen molar-refractivity contribution in [3.05, 3.63) is 81.2 Å². The van der Waals surface area contributed by atoms with Crippen molar-refractivity contribution in [2.45, 2.75) is 13.1 Å². The van der Waals surface area contributed by atoms with Gasteiger partial charge in [-0.05, 0) is 43.3 Å². The smallest absolute Gasteiger partial charge is 0.357 e. The maximum atomic E-state index is 12.7. The normalized spacial score (nSPS) is 15.2. The highest BCUT2D eigenvalue weighted by Gasteiger charge is 2.29. The van der Waals surface area contributed by atoms with Crippen LogP contribution in [0.1, 0.15) is 17.4 Å². The van der Waals surface area contributed by atoms with Gasteiger partial charge in [-0.15, -0.1) is 0 Å². The Morgan fingerprint density at radius 2 is 2.00 bits per heavy atom. The van der Waals surface area contributed by atoms with Crippen molar-refractivity contribution in [3.63, 3.8) is 0 Å². The molecule has 7 nitrogen and oxygen atoms in total. The van der Waals surface area contributed by atoms with Crippen LogP contribution >= 0.6 is 11.6 Å². The molecule has 142 valence electrons. The summed E-state index contributed by atoms with van der Waals surface area (Å²) in [6, 6.07) is 16.4. The quantitative estimate of drug-likeness (QED) is 0.628. The minimum absolute atomic E-state index is 0.157. The SMILES string of the molecule is COc1ccc(NC2=[NH+][C@H](c3cccc(Cl)c3)n3c(nc(C)cc3=O)N2)cc1. The number of halogens is 1. The topological polar surface area (TPSA) is 82.2 Å². The predicted molar refractivity (Wildman–Crippen MR) is 109 cm³/mol. The average molecular weight is 397 g/mol. The van der Waals surface area contributed by atoms with Crippen LogP contribution in [0.15, 0.2) is 59.4 Å². The summed E-state index contributed by atoms with van der Waals surface area (Å²) in [7, 11) is 1.62. The Balaban J connectivity index is 1.76. The number of anilines is 2. The van der Waals surface area contributed by atoms with Crippen LogP contribution in [0.2, 0.25) is 5.02 Å². The Kier molecular flexibility index (Phi) is 4.75. The largest absolute Gasteiger partial charge is 0.497 e. The Labute approximate surface area is 166 Å². The summed E-state index contributed by atoms with van der Waals surface area (Å²) < 4.78 is 6.76. The Bertz CT molecular complexity index is 1110. The number of fused-ring (bicyclic) bond motifs is 1. The molecule has 1 aromatic heterocycles. The molecule has 0 unspecified atom stereocenters. The summed E-state index contributed by atoms with van der Waals surface area (Å²) in [6.07, 6.45) is -0.462. The minimum atomic E-state index is -0.462. The lowest BCUT2D eigenvalue weighted by molar-refractivity contribution is -0.520. The van der Waals surface area contributed by atoms with Gasteiger partial charge in [-0.1, -0.05) is 23.7 Å². The van der Waals surface area contributed by atoms with Crippen molar-refractivity contribution in [2.24, 2.45) is 0 Å². The molecule has 1 aliphatic heterocycles. The van der Waals surface area contributed by atoms with E-state index in [4.69, 9.17) is 16.3 Å². The maximum absolute atomic E-state index is 12.7. The Morgan fingerprint density at radius 1 is 1.21 bits per heavy atom. The number of aromatic nitrogens is 2. The molecule has 0 amide bonds. The minimum Gasteiger partial charge on any atom is -0.497 e. The molecule has 0 radical (unpaired) electrons. The van der Waals surface area contributed by atoms with E-state index in [2.05, 4.69) is 20.6 Å². The molecular formula is C20H19ClN5O2+. The Hall–Kier alpha value is -3.32. The molecule has 0 saturated heterocycles. The van der Waals surface area contributed by atoms with E-state index in [-0.39, 0.29) is 5.56 Å². The second-order valence-electron chi connectivity index (χ2n) is 6.38. The molecule has 0 aliphatic carbocycles. The van der Waals surface area contributed by atoms with Crippen LogP contribution in [0.5, 0.6) is 5.75 Å². The van der Waals surface area contributed by atoms with E-state index in [1.54, 1.807) is 24.7 Å². The number of hydrogen-bond acceptors (Lipinski definition) is 5. The number of guanidine groups is 1. The van der Waals surface area contributed by atoms with Gasteiger partial charge in [0.25, 0.3) is 11.5 Å². The maximum Gasteiger partial charge on any atom is 0.357 e. The highest BCUT2D eigenvalue weighted by molar-refractivity contribution is 6.30. The lowest BCUT2D eigenvalue weighted by atomic mass is 10.1. The molecule has 3 N–H and O–H groups in total. The van der Waals surface area contributed by atoms with Crippen LogP contribution in [0.4, 0.5) is 11.6 Å². The molecule has 0 spiro atoms. The van der Waals surface area contributed by atoms with Gasteiger partial charge in [0.1, 0.15) is 5.75 Å². The molecular weight excluding hydrogens is 378 g/mol. The molecule has 0 bridgehead atoms. The van der Waals surface area contributed by atoms with Crippen molar-refractivity contribution in [3.8, 4) is 5.75 Å². The Morgan fingerprint density at radius 3 is 2.71 bits per heavy atom. The summed E-state index contributed by atoms with van der Waals surface area (Å²) in [5.74, 6) is 1.82. The van der Waals surface area contributed by atoms with Crippen LogP contribution in [0, 0.1) is 6.92 Å². The van der Waals surface area contributed by atoms with E-state index in [0.717, 1.165) is 17.0 Å². The summed E-state index contributed by atoms with van der Waals surface area (Å²) in [5.41, 5.74) is 2.18. The number of nitrogens with zero attached hydrogens (tertiary/aromatic N) is 2. The zero-order valence-electron chi connectivity index (χ0n) is 15.4. The average Bonchev–Trinajstić information content (AvgIpc) is 2.67. The van der Waals surface area contributed by atoms with Gasteiger partial charge in [-0.25, -0.2) is 20.2 Å². The second-order valence-corrected chi connectivity index (χ2v) is 6.82. The molecule has 4 rings (SSSR count). The van der Waals surface area contributed by atoms with E-state index >= 15 is 0 Å². The first kappa shape index (κ1) is 18.1. The van der Waals surface area contributed by atoms with E-state index in [0.29, 0.717) is 22.6 Å². The third-order valence-corrected chi connectivity index (χ3v) is 4.62. The molecule has 0 fully saturated rings. The van der Waals surface area contributed by atoms with Gasteiger partial charge in [-0.3, -0.25) is 9.79 Å². The number of hydrogen-bond donors (Lipinski definition) is 3. The van der Waals surface area contributed by atoms with Crippen molar-refractivity contribution in [1.82, 2.24) is 9.55 Å². The lowest BCUT2D eigenvalue weighted by Gasteiger charge is -2.23. The van der Waals surface area contributed by atoms with E-state index in [9.17, 15) is 4.79 Å². The molecule has 3 aromatic rings. The van der Waals surface area contributed by atoms with Crippen LogP contribution in [-0.4, -0.2) is 22.6 Å². The first-order chi connectivity index (χ1) is 13.5. The van der Waals surface area contributed by atoms with Gasteiger partial charge in [0.15, 0.2) is 6.17 Å². The zero-order chi connectivity index (χ0) is 19.7. The molecule has 0 saturated carbocycles. The highest BCUT2D eigenvalue weighted by Crippen LogP contribution is 2.20. The fraction of sp³-hybridized carbons (Fsp3) is 0.150. The third kappa shape index (κ3) is 3.57. The van der Waals surface area contributed by atoms with Gasteiger partial charge < -0.3 is 4.74 Å². The van der Waals surface area contributed by atoms with E-state index in [1.807, 2.05) is 42.5 Å². The molecule has 28 heavy (non-hydrogen) atoms. The molecule has 2 heterocycles. The number of aryl methyl sites for hydroxylation is 1. The van der Waals surface area contributed by atoms with Crippen LogP contribution < -0.4 is 25.9 Å². The van der Waals surface area contributed by atoms with Gasteiger partial charge in [0.2, 0.25) is 0 Å². The number of nitrogens with one attached hydrogen (secondary N) is 3. The standard InChI is InChI=1S/C20H18ClN5O2/c1-12-10-17(27)26-18(13-4-3-5-14(21)11-13)24-19(25-20(26)22-12)23-15-6-8-16(28-2)9-7-15/h3-11,18H,1-2H3,(H2,22,23,24,25)/p+1/t18-/m0/s1. The fourth-order valence-electron chi connectivity index (χ4n) is 3.09. The summed E-state index contributed by atoms with van der Waals surface area (Å²) in [6.45, 7) is 1.79. The molecule has 1 atom stereocenters. The summed E-state index contributed by atoms with van der Waals surface area (Å²) >= 11 is 6.17. The number of methoxy groups -OCH3 is 1. The van der Waals surface area contributed by atoms with Gasteiger partial charge in [-0.2, -0.15) is 0 Å². The zero-order valence-corrected chi connectivity index (χ0v) is 16.1. The first-order valence-corrected chi connectivity index (χ1v) is 9.08.